The summed E-state index contributed by atoms with van der Waals surface area (Å²) in [5.74, 6) is 0. The molecular weight excluding hydrogens is 274 g/mol. The number of rotatable bonds is 6. The first-order valence-corrected chi connectivity index (χ1v) is 7.96. The van der Waals surface area contributed by atoms with E-state index in [1.54, 1.807) is 0 Å². The Morgan fingerprint density at radius 1 is 1.09 bits per heavy atom. The maximum atomic E-state index is 9.41. The average molecular weight is 299 g/mol. The van der Waals surface area contributed by atoms with Crippen molar-refractivity contribution < 1.29 is 5.11 Å². The predicted molar refractivity (Wildman–Crippen MR) is 87.3 cm³/mol. The van der Waals surface area contributed by atoms with E-state index in [4.69, 9.17) is 0 Å². The lowest BCUT2D eigenvalue weighted by Crippen LogP contribution is -2.31. The molecule has 0 fully saturated rings. The average Bonchev–Trinajstić information content (AvgIpc) is 2.52. The molecule has 4 heteroatoms. The van der Waals surface area contributed by atoms with Crippen LogP contribution in [-0.4, -0.2) is 23.2 Å². The molecule has 4 nitrogen and oxygen atoms in total. The molecule has 1 aliphatic rings. The number of allylic oxidation sites excluding steroid dienone is 6. The molecule has 1 heterocycles. The van der Waals surface area contributed by atoms with Gasteiger partial charge in [-0.15, -0.1) is 0 Å². The van der Waals surface area contributed by atoms with Crippen LogP contribution in [0.5, 0.6) is 0 Å². The molecule has 0 saturated heterocycles. The van der Waals surface area contributed by atoms with Gasteiger partial charge in [-0.1, -0.05) is 27.2 Å². The van der Waals surface area contributed by atoms with Crippen LogP contribution in [0.15, 0.2) is 33.7 Å². The molecule has 0 aromatic carbocycles. The van der Waals surface area contributed by atoms with Gasteiger partial charge in [0.25, 0.3) is 0 Å². The second kappa shape index (κ2) is 8.41. The van der Waals surface area contributed by atoms with Crippen molar-refractivity contribution in [1.82, 2.24) is 4.90 Å². The van der Waals surface area contributed by atoms with Gasteiger partial charge in [0.2, 0.25) is 0 Å². The van der Waals surface area contributed by atoms with Crippen LogP contribution in [-0.2, 0) is 0 Å². The predicted octanol–water partition coefficient (Wildman–Crippen LogP) is 3.79. The van der Waals surface area contributed by atoms with Crippen LogP contribution in [0.1, 0.15) is 53.4 Å². The summed E-state index contributed by atoms with van der Waals surface area (Å²) >= 11 is 0. The second-order valence-corrected chi connectivity index (χ2v) is 5.30. The van der Waals surface area contributed by atoms with E-state index in [9.17, 15) is 15.6 Å². The molecule has 118 valence electrons. The summed E-state index contributed by atoms with van der Waals surface area (Å²) in [5.41, 5.74) is 5.33. The lowest BCUT2D eigenvalue weighted by atomic mass is 9.84. The quantitative estimate of drug-likeness (QED) is 0.757. The number of aliphatic hydroxyl groups is 1. The van der Waals surface area contributed by atoms with Crippen molar-refractivity contribution in [2.75, 3.05) is 13.2 Å². The summed E-state index contributed by atoms with van der Waals surface area (Å²) in [6, 6.07) is 4.12. The van der Waals surface area contributed by atoms with Crippen LogP contribution < -0.4 is 0 Å². The zero-order chi connectivity index (χ0) is 16.7. The van der Waals surface area contributed by atoms with Gasteiger partial charge >= 0.3 is 0 Å². The smallest absolute Gasteiger partial charge is 0.137 e. The molecule has 0 aliphatic carbocycles. The fraction of sp³-hybridized carbons (Fsp3) is 0.556. The monoisotopic (exact) mass is 299 g/mol. The van der Waals surface area contributed by atoms with Crippen molar-refractivity contribution in [2.45, 2.75) is 53.4 Å². The third-order valence-electron chi connectivity index (χ3n) is 4.08. The highest BCUT2D eigenvalue weighted by atomic mass is 16.3. The van der Waals surface area contributed by atoms with Gasteiger partial charge in [-0.2, -0.15) is 10.5 Å². The molecule has 1 rings (SSSR count). The highest BCUT2D eigenvalue weighted by molar-refractivity contribution is 5.62. The molecule has 0 amide bonds. The maximum absolute atomic E-state index is 9.41. The van der Waals surface area contributed by atoms with Gasteiger partial charge in [-0.3, -0.25) is 0 Å². The van der Waals surface area contributed by atoms with Crippen molar-refractivity contribution in [3.63, 3.8) is 0 Å². The SMILES string of the molecule is CCCC1=C(CC)N(CCO)C(CC)=C(C)C1=C(C#N)C#N. The van der Waals surface area contributed by atoms with Gasteiger partial charge in [0.15, 0.2) is 0 Å². The normalized spacial score (nSPS) is 15.0. The van der Waals surface area contributed by atoms with Crippen molar-refractivity contribution in [2.24, 2.45) is 0 Å². The van der Waals surface area contributed by atoms with E-state index < -0.39 is 0 Å². The Hall–Kier alpha value is -2.04. The molecule has 0 spiro atoms. The molecule has 0 aromatic heterocycles. The Bertz CT molecular complexity index is 581. The summed E-state index contributed by atoms with van der Waals surface area (Å²) in [6.07, 6.45) is 3.41. The Labute approximate surface area is 133 Å². The van der Waals surface area contributed by atoms with Gasteiger partial charge in [-0.05, 0) is 37.3 Å². The maximum Gasteiger partial charge on any atom is 0.137 e. The zero-order valence-corrected chi connectivity index (χ0v) is 14.0. The van der Waals surface area contributed by atoms with Crippen molar-refractivity contribution in [1.29, 1.82) is 10.5 Å². The number of aliphatic hydroxyl groups excluding tert-OH is 1. The van der Waals surface area contributed by atoms with Crippen LogP contribution in [0.2, 0.25) is 0 Å². The topological polar surface area (TPSA) is 71.0 Å². The van der Waals surface area contributed by atoms with E-state index in [0.29, 0.717) is 6.54 Å². The molecule has 0 bridgehead atoms. The van der Waals surface area contributed by atoms with E-state index in [1.807, 2.05) is 6.92 Å². The van der Waals surface area contributed by atoms with Gasteiger partial charge < -0.3 is 10.0 Å². The lowest BCUT2D eigenvalue weighted by Gasteiger charge is -2.37. The van der Waals surface area contributed by atoms with Crippen molar-refractivity contribution in [3.8, 4) is 12.1 Å². The molecule has 1 N–H and O–H groups in total. The second-order valence-electron chi connectivity index (χ2n) is 5.30. The van der Waals surface area contributed by atoms with Crippen LogP contribution >= 0.6 is 0 Å². The van der Waals surface area contributed by atoms with Crippen molar-refractivity contribution in [3.05, 3.63) is 33.7 Å². The number of hydrogen-bond donors (Lipinski definition) is 1. The van der Waals surface area contributed by atoms with Crippen LogP contribution in [0, 0.1) is 22.7 Å². The number of nitrogens with zero attached hydrogens (tertiary/aromatic N) is 3. The first kappa shape index (κ1) is 18.0. The van der Waals surface area contributed by atoms with Gasteiger partial charge in [0.05, 0.1) is 6.61 Å². The summed E-state index contributed by atoms with van der Waals surface area (Å²) in [5, 5.41) is 28.1. The first-order chi connectivity index (χ1) is 10.6. The Morgan fingerprint density at radius 3 is 2.09 bits per heavy atom. The lowest BCUT2D eigenvalue weighted by molar-refractivity contribution is 0.241. The molecular formula is C18H25N3O. The fourth-order valence-corrected chi connectivity index (χ4v) is 3.27. The molecule has 0 radical (unpaired) electrons. The van der Waals surface area contributed by atoms with E-state index in [1.165, 1.54) is 0 Å². The Kier molecular flexibility index (Phi) is 6.89. The van der Waals surface area contributed by atoms with E-state index in [2.05, 4.69) is 37.8 Å². The number of nitriles is 2. The van der Waals surface area contributed by atoms with Gasteiger partial charge in [0.1, 0.15) is 17.7 Å². The number of hydrogen-bond acceptors (Lipinski definition) is 4. The molecule has 0 aromatic rings. The Morgan fingerprint density at radius 2 is 1.68 bits per heavy atom. The largest absolute Gasteiger partial charge is 0.395 e. The highest BCUT2D eigenvalue weighted by Crippen LogP contribution is 2.40. The minimum atomic E-state index is 0.0854. The van der Waals surface area contributed by atoms with E-state index in [0.717, 1.165) is 53.8 Å². The standard InChI is InChI=1S/C18H25N3O/c1-5-8-15-17(7-3)21(9-10-22)16(6-2)13(4)18(15)14(11-19)12-20/h22H,5-10H2,1-4H3. The van der Waals surface area contributed by atoms with E-state index >= 15 is 0 Å². The van der Waals surface area contributed by atoms with Crippen LogP contribution in [0.3, 0.4) is 0 Å². The third-order valence-corrected chi connectivity index (χ3v) is 4.08. The molecule has 22 heavy (non-hydrogen) atoms. The summed E-state index contributed by atoms with van der Waals surface area (Å²) in [4.78, 5) is 2.18. The Balaban J connectivity index is 3.71. The summed E-state index contributed by atoms with van der Waals surface area (Å²) in [7, 11) is 0. The highest BCUT2D eigenvalue weighted by Gasteiger charge is 2.28. The summed E-state index contributed by atoms with van der Waals surface area (Å²) < 4.78 is 0. The van der Waals surface area contributed by atoms with Crippen molar-refractivity contribution >= 4 is 0 Å². The molecule has 0 saturated carbocycles. The van der Waals surface area contributed by atoms with Gasteiger partial charge in [-0.25, -0.2) is 0 Å². The molecule has 1 aliphatic heterocycles. The molecule has 0 atom stereocenters. The van der Waals surface area contributed by atoms with E-state index in [-0.39, 0.29) is 12.2 Å². The van der Waals surface area contributed by atoms with Crippen LogP contribution in [0.25, 0.3) is 0 Å². The number of β-amino-alcohol motifs (C(OH)–C–C–N with tert-alkyl or cyclic N) is 1. The fourth-order valence-electron chi connectivity index (χ4n) is 3.27. The zero-order valence-electron chi connectivity index (χ0n) is 14.0. The third kappa shape index (κ3) is 3.24. The summed E-state index contributed by atoms with van der Waals surface area (Å²) in [6.45, 7) is 8.87. The van der Waals surface area contributed by atoms with Crippen LogP contribution in [0.4, 0.5) is 0 Å². The minimum Gasteiger partial charge on any atom is -0.395 e. The molecule has 0 unspecified atom stereocenters. The van der Waals surface area contributed by atoms with Gasteiger partial charge in [0, 0.05) is 23.5 Å². The minimum absolute atomic E-state index is 0.0854. The first-order valence-electron chi connectivity index (χ1n) is 7.96.